The molecule has 0 heterocycles. The number of rotatable bonds is 4. The zero-order valence-corrected chi connectivity index (χ0v) is 13.7. The predicted octanol–water partition coefficient (Wildman–Crippen LogP) is 5.13. The van der Waals surface area contributed by atoms with Gasteiger partial charge in [0.1, 0.15) is 10.8 Å². The minimum Gasteiger partial charge on any atom is -0.481 e. The van der Waals surface area contributed by atoms with Crippen LogP contribution in [0.5, 0.6) is 5.75 Å². The highest BCUT2D eigenvalue weighted by Gasteiger charge is 2.20. The molecule has 1 aliphatic carbocycles. The summed E-state index contributed by atoms with van der Waals surface area (Å²) in [4.78, 5) is 12.5. The van der Waals surface area contributed by atoms with E-state index >= 15 is 0 Å². The van der Waals surface area contributed by atoms with E-state index in [1.807, 2.05) is 12.1 Å². The molecule has 0 saturated carbocycles. The Morgan fingerprint density at radius 1 is 1.14 bits per heavy atom. The first kappa shape index (κ1) is 15.4. The molecule has 1 aliphatic rings. The third kappa shape index (κ3) is 2.99. The standard InChI is InChI=1S/C18H16Cl2O2/c1-11(22-16-7-3-6-15(19)17(16)20)18(21)14-9-8-12-4-2-5-13(12)10-14/h3,6-11H,2,4-5H2,1H3/t11-/m0/s1. The van der Waals surface area contributed by atoms with Gasteiger partial charge in [-0.1, -0.05) is 41.4 Å². The molecule has 2 nitrogen and oxygen atoms in total. The molecular weight excluding hydrogens is 319 g/mol. The summed E-state index contributed by atoms with van der Waals surface area (Å²) >= 11 is 12.1. The van der Waals surface area contributed by atoms with Crippen LogP contribution in [0.4, 0.5) is 0 Å². The summed E-state index contributed by atoms with van der Waals surface area (Å²) in [6, 6.07) is 11.1. The van der Waals surface area contributed by atoms with Crippen LogP contribution >= 0.6 is 23.2 Å². The maximum absolute atomic E-state index is 12.5. The van der Waals surface area contributed by atoms with Crippen LogP contribution in [-0.2, 0) is 12.8 Å². The van der Waals surface area contributed by atoms with Gasteiger partial charge in [0.2, 0.25) is 5.78 Å². The van der Waals surface area contributed by atoms with E-state index in [4.69, 9.17) is 27.9 Å². The van der Waals surface area contributed by atoms with Gasteiger partial charge in [-0.15, -0.1) is 0 Å². The molecule has 114 valence electrons. The Labute approximate surface area is 140 Å². The number of carbonyl (C=O) groups excluding carboxylic acids is 1. The van der Waals surface area contributed by atoms with Crippen molar-refractivity contribution in [3.63, 3.8) is 0 Å². The summed E-state index contributed by atoms with van der Waals surface area (Å²) < 4.78 is 5.70. The second-order valence-electron chi connectivity index (χ2n) is 5.51. The van der Waals surface area contributed by atoms with Crippen molar-refractivity contribution >= 4 is 29.0 Å². The number of halogens is 2. The summed E-state index contributed by atoms with van der Waals surface area (Å²) in [6.07, 6.45) is 2.70. The zero-order chi connectivity index (χ0) is 15.7. The maximum Gasteiger partial charge on any atom is 0.203 e. The topological polar surface area (TPSA) is 26.3 Å². The fraction of sp³-hybridized carbons (Fsp3) is 0.278. The zero-order valence-electron chi connectivity index (χ0n) is 12.2. The predicted molar refractivity (Wildman–Crippen MR) is 89.3 cm³/mol. The lowest BCUT2D eigenvalue weighted by atomic mass is 10.0. The lowest BCUT2D eigenvalue weighted by Crippen LogP contribution is -2.24. The third-order valence-corrected chi connectivity index (χ3v) is 4.77. The minimum atomic E-state index is -0.615. The highest BCUT2D eigenvalue weighted by atomic mass is 35.5. The van der Waals surface area contributed by atoms with E-state index in [1.54, 1.807) is 25.1 Å². The summed E-state index contributed by atoms with van der Waals surface area (Å²) in [6.45, 7) is 1.73. The maximum atomic E-state index is 12.5. The average molecular weight is 335 g/mol. The van der Waals surface area contributed by atoms with E-state index in [0.717, 1.165) is 19.3 Å². The first-order valence-electron chi connectivity index (χ1n) is 7.33. The molecule has 0 spiro atoms. The molecule has 0 aromatic heterocycles. The van der Waals surface area contributed by atoms with E-state index in [-0.39, 0.29) is 5.78 Å². The molecular formula is C18H16Cl2O2. The second kappa shape index (κ2) is 6.31. The number of hydrogen-bond acceptors (Lipinski definition) is 2. The number of benzene rings is 2. The first-order valence-corrected chi connectivity index (χ1v) is 8.08. The minimum absolute atomic E-state index is 0.0502. The highest BCUT2D eigenvalue weighted by molar-refractivity contribution is 6.42. The molecule has 0 amide bonds. The Morgan fingerprint density at radius 2 is 1.91 bits per heavy atom. The monoisotopic (exact) mass is 334 g/mol. The Bertz CT molecular complexity index is 725. The van der Waals surface area contributed by atoms with E-state index in [9.17, 15) is 4.79 Å². The van der Waals surface area contributed by atoms with Gasteiger partial charge in [0.05, 0.1) is 5.02 Å². The number of ketones is 1. The van der Waals surface area contributed by atoms with Crippen LogP contribution in [0.3, 0.4) is 0 Å². The molecule has 3 rings (SSSR count). The third-order valence-electron chi connectivity index (χ3n) is 3.97. The average Bonchev–Trinajstić information content (AvgIpc) is 2.98. The normalized spacial score (nSPS) is 14.5. The molecule has 1 atom stereocenters. The van der Waals surface area contributed by atoms with Crippen molar-refractivity contribution in [1.29, 1.82) is 0 Å². The number of hydrogen-bond donors (Lipinski definition) is 0. The lowest BCUT2D eigenvalue weighted by Gasteiger charge is -2.15. The molecule has 0 bridgehead atoms. The molecule has 2 aromatic rings. The van der Waals surface area contributed by atoms with E-state index in [1.165, 1.54) is 11.1 Å². The number of carbonyl (C=O) groups is 1. The first-order chi connectivity index (χ1) is 10.6. The van der Waals surface area contributed by atoms with Gasteiger partial charge in [-0.25, -0.2) is 0 Å². The van der Waals surface area contributed by atoms with Gasteiger partial charge in [-0.3, -0.25) is 4.79 Å². The second-order valence-corrected chi connectivity index (χ2v) is 6.30. The van der Waals surface area contributed by atoms with Crippen LogP contribution in [0.1, 0.15) is 34.8 Å². The molecule has 0 unspecified atom stereocenters. The van der Waals surface area contributed by atoms with Gasteiger partial charge in [-0.05, 0) is 55.5 Å². The van der Waals surface area contributed by atoms with Crippen LogP contribution in [0.25, 0.3) is 0 Å². The fourth-order valence-electron chi connectivity index (χ4n) is 2.78. The van der Waals surface area contributed by atoms with Crippen molar-refractivity contribution in [3.05, 3.63) is 63.1 Å². The molecule has 0 fully saturated rings. The number of fused-ring (bicyclic) bond motifs is 1. The summed E-state index contributed by atoms with van der Waals surface area (Å²) in [5, 5.41) is 0.745. The van der Waals surface area contributed by atoms with E-state index < -0.39 is 6.10 Å². The smallest absolute Gasteiger partial charge is 0.203 e. The number of aryl methyl sites for hydroxylation is 2. The summed E-state index contributed by atoms with van der Waals surface area (Å²) in [7, 11) is 0. The van der Waals surface area contributed by atoms with Gasteiger partial charge in [0.15, 0.2) is 6.10 Å². The molecule has 0 N–H and O–H groups in total. The van der Waals surface area contributed by atoms with Crippen LogP contribution in [0.2, 0.25) is 10.0 Å². The van der Waals surface area contributed by atoms with Gasteiger partial charge >= 0.3 is 0 Å². The van der Waals surface area contributed by atoms with Crippen LogP contribution in [0, 0.1) is 0 Å². The van der Waals surface area contributed by atoms with E-state index in [0.29, 0.717) is 21.4 Å². The molecule has 22 heavy (non-hydrogen) atoms. The van der Waals surface area contributed by atoms with Crippen molar-refractivity contribution in [2.24, 2.45) is 0 Å². The summed E-state index contributed by atoms with van der Waals surface area (Å²) in [5.41, 5.74) is 3.31. The van der Waals surface area contributed by atoms with Crippen molar-refractivity contribution in [2.75, 3.05) is 0 Å². The van der Waals surface area contributed by atoms with Crippen LogP contribution in [-0.4, -0.2) is 11.9 Å². The SMILES string of the molecule is C[C@H](Oc1cccc(Cl)c1Cl)C(=O)c1ccc2c(c1)CCC2. The Kier molecular flexibility index (Phi) is 4.42. The van der Waals surface area contributed by atoms with Gasteiger partial charge in [0, 0.05) is 5.56 Å². The Balaban J connectivity index is 1.78. The van der Waals surface area contributed by atoms with Crippen LogP contribution in [0.15, 0.2) is 36.4 Å². The Morgan fingerprint density at radius 3 is 2.73 bits per heavy atom. The highest BCUT2D eigenvalue weighted by Crippen LogP contribution is 2.32. The summed E-state index contributed by atoms with van der Waals surface area (Å²) in [5.74, 6) is 0.377. The molecule has 0 aliphatic heterocycles. The van der Waals surface area contributed by atoms with Crippen molar-refractivity contribution in [1.82, 2.24) is 0 Å². The van der Waals surface area contributed by atoms with Crippen molar-refractivity contribution in [3.8, 4) is 5.75 Å². The van der Waals surface area contributed by atoms with Gasteiger partial charge < -0.3 is 4.74 Å². The molecule has 4 heteroatoms. The quantitative estimate of drug-likeness (QED) is 0.724. The fourth-order valence-corrected chi connectivity index (χ4v) is 3.12. The van der Waals surface area contributed by atoms with E-state index in [2.05, 4.69) is 6.07 Å². The largest absolute Gasteiger partial charge is 0.481 e. The van der Waals surface area contributed by atoms with Crippen molar-refractivity contribution in [2.45, 2.75) is 32.3 Å². The van der Waals surface area contributed by atoms with Crippen LogP contribution < -0.4 is 4.74 Å². The molecule has 0 saturated heterocycles. The number of Topliss-reactive ketones (excluding diaryl/α,β-unsaturated/α-hetero) is 1. The molecule has 0 radical (unpaired) electrons. The number of ether oxygens (including phenoxy) is 1. The van der Waals surface area contributed by atoms with Gasteiger partial charge in [-0.2, -0.15) is 0 Å². The lowest BCUT2D eigenvalue weighted by molar-refractivity contribution is 0.0818. The van der Waals surface area contributed by atoms with Crippen molar-refractivity contribution < 1.29 is 9.53 Å². The molecule has 2 aromatic carbocycles. The Hall–Kier alpha value is -1.51. The van der Waals surface area contributed by atoms with Gasteiger partial charge in [0.25, 0.3) is 0 Å².